The van der Waals surface area contributed by atoms with Crippen molar-refractivity contribution < 1.29 is 0 Å². The summed E-state index contributed by atoms with van der Waals surface area (Å²) >= 11 is 0. The molecule has 0 saturated heterocycles. The van der Waals surface area contributed by atoms with Crippen molar-refractivity contribution in [2.24, 2.45) is 0 Å². The van der Waals surface area contributed by atoms with Crippen LogP contribution in [0.5, 0.6) is 0 Å². The van der Waals surface area contributed by atoms with Crippen LogP contribution in [0.2, 0.25) is 0 Å². The van der Waals surface area contributed by atoms with E-state index in [0.29, 0.717) is 0 Å². The minimum absolute atomic E-state index is 1.08. The molecular weight excluding hydrogens is 749 g/mol. The van der Waals surface area contributed by atoms with E-state index in [9.17, 15) is 0 Å². The molecule has 62 heavy (non-hydrogen) atoms. The van der Waals surface area contributed by atoms with Crippen LogP contribution in [0.3, 0.4) is 0 Å². The lowest BCUT2D eigenvalue weighted by Gasteiger charge is -2.27. The van der Waals surface area contributed by atoms with Crippen molar-refractivity contribution in [3.05, 3.63) is 255 Å². The summed E-state index contributed by atoms with van der Waals surface area (Å²) in [5.74, 6) is 0. The van der Waals surface area contributed by atoms with Crippen molar-refractivity contribution >= 4 is 38.9 Å². The number of benzene rings is 10. The average molecular weight is 791 g/mol. The highest BCUT2D eigenvalue weighted by Crippen LogP contribution is 2.43. The fourth-order valence-corrected chi connectivity index (χ4v) is 9.08. The maximum atomic E-state index is 2.44. The van der Waals surface area contributed by atoms with Gasteiger partial charge < -0.3 is 9.47 Å². The molecule has 0 aliphatic carbocycles. The fraction of sp³-hybridized carbons (Fsp3) is 0. The summed E-state index contributed by atoms with van der Waals surface area (Å²) in [6, 6.07) is 92.1. The molecule has 2 nitrogen and oxygen atoms in total. The first-order valence-corrected chi connectivity index (χ1v) is 21.3. The van der Waals surface area contributed by atoms with Crippen LogP contribution in [-0.2, 0) is 0 Å². The molecule has 0 saturated carbocycles. The summed E-state index contributed by atoms with van der Waals surface area (Å²) in [7, 11) is 0. The molecule has 0 radical (unpaired) electrons. The summed E-state index contributed by atoms with van der Waals surface area (Å²) in [6.45, 7) is 0. The lowest BCUT2D eigenvalue weighted by molar-refractivity contribution is 1.18. The molecule has 11 rings (SSSR count). The number of rotatable bonds is 9. The van der Waals surface area contributed by atoms with Crippen LogP contribution in [0, 0.1) is 0 Å². The zero-order valence-electron chi connectivity index (χ0n) is 34.1. The number of para-hydroxylation sites is 2. The Morgan fingerprint density at radius 1 is 0.258 bits per heavy atom. The summed E-state index contributed by atoms with van der Waals surface area (Å²) in [5.41, 5.74) is 18.6. The molecule has 1 heterocycles. The van der Waals surface area contributed by atoms with E-state index < -0.39 is 0 Å². The predicted molar refractivity (Wildman–Crippen MR) is 263 cm³/mol. The van der Waals surface area contributed by atoms with Gasteiger partial charge in [0.2, 0.25) is 0 Å². The third kappa shape index (κ3) is 6.84. The Balaban J connectivity index is 1.05. The van der Waals surface area contributed by atoms with Crippen molar-refractivity contribution in [2.75, 3.05) is 4.90 Å². The topological polar surface area (TPSA) is 8.17 Å². The maximum absolute atomic E-state index is 2.44. The molecule has 0 atom stereocenters. The molecule has 0 N–H and O–H groups in total. The predicted octanol–water partition coefficient (Wildman–Crippen LogP) is 16.6. The van der Waals surface area contributed by atoms with Crippen LogP contribution in [0.25, 0.3) is 83.1 Å². The number of anilines is 3. The average Bonchev–Trinajstić information content (AvgIpc) is 3.69. The molecule has 0 bridgehead atoms. The first-order chi connectivity index (χ1) is 30.8. The number of fused-ring (bicyclic) bond motifs is 3. The fourth-order valence-electron chi connectivity index (χ4n) is 9.08. The van der Waals surface area contributed by atoms with E-state index in [1.807, 2.05) is 0 Å². The second-order valence-electron chi connectivity index (χ2n) is 15.7. The molecule has 0 aliphatic rings. The first kappa shape index (κ1) is 36.8. The Labute approximate surface area is 362 Å². The van der Waals surface area contributed by atoms with Gasteiger partial charge in [-0.05, 0) is 111 Å². The van der Waals surface area contributed by atoms with Crippen molar-refractivity contribution in [3.8, 4) is 61.3 Å². The molecule has 10 aromatic carbocycles. The SMILES string of the molecule is c1ccc(-c2cccc(-c3cccc(N(c4ccc(-c5cccc(-n6c7ccccc7c7ccccc76)c5-c5ccccc5)cc4)c4cccc(-c5ccccc5)c4)c3)c2)cc1. The Bertz CT molecular complexity index is 3280. The quantitative estimate of drug-likeness (QED) is 0.141. The second kappa shape index (κ2) is 16.1. The highest BCUT2D eigenvalue weighted by molar-refractivity contribution is 6.10. The summed E-state index contributed by atoms with van der Waals surface area (Å²) < 4.78 is 2.44. The third-order valence-electron chi connectivity index (χ3n) is 12.0. The summed E-state index contributed by atoms with van der Waals surface area (Å²) in [6.07, 6.45) is 0. The van der Waals surface area contributed by atoms with Gasteiger partial charge in [-0.15, -0.1) is 0 Å². The normalized spacial score (nSPS) is 11.2. The van der Waals surface area contributed by atoms with Gasteiger partial charge in [0.05, 0.1) is 16.7 Å². The molecule has 0 amide bonds. The lowest BCUT2D eigenvalue weighted by Crippen LogP contribution is -2.10. The number of hydrogen-bond donors (Lipinski definition) is 0. The van der Waals surface area contributed by atoms with Crippen LogP contribution in [-0.4, -0.2) is 4.57 Å². The molecule has 0 unspecified atom stereocenters. The van der Waals surface area contributed by atoms with Gasteiger partial charge in [0.1, 0.15) is 0 Å². The molecule has 0 aliphatic heterocycles. The number of hydrogen-bond acceptors (Lipinski definition) is 1. The van der Waals surface area contributed by atoms with E-state index in [1.165, 1.54) is 66.3 Å². The van der Waals surface area contributed by atoms with Crippen LogP contribution in [0.4, 0.5) is 17.1 Å². The van der Waals surface area contributed by atoms with Crippen LogP contribution in [0.1, 0.15) is 0 Å². The largest absolute Gasteiger partial charge is 0.310 e. The summed E-state index contributed by atoms with van der Waals surface area (Å²) in [5, 5.41) is 2.50. The smallest absolute Gasteiger partial charge is 0.0546 e. The van der Waals surface area contributed by atoms with Gasteiger partial charge in [-0.1, -0.05) is 194 Å². The molecule has 292 valence electrons. The van der Waals surface area contributed by atoms with E-state index in [-0.39, 0.29) is 0 Å². The zero-order valence-corrected chi connectivity index (χ0v) is 34.1. The van der Waals surface area contributed by atoms with Crippen molar-refractivity contribution in [1.29, 1.82) is 0 Å². The maximum Gasteiger partial charge on any atom is 0.0546 e. The zero-order chi connectivity index (χ0) is 41.2. The summed E-state index contributed by atoms with van der Waals surface area (Å²) in [4.78, 5) is 2.38. The Morgan fingerprint density at radius 2 is 0.677 bits per heavy atom. The minimum atomic E-state index is 1.08. The van der Waals surface area contributed by atoms with Gasteiger partial charge in [0.15, 0.2) is 0 Å². The van der Waals surface area contributed by atoms with E-state index in [0.717, 1.165) is 33.9 Å². The van der Waals surface area contributed by atoms with Crippen LogP contribution in [0.15, 0.2) is 255 Å². The Kier molecular flexibility index (Phi) is 9.57. The van der Waals surface area contributed by atoms with Gasteiger partial charge in [-0.2, -0.15) is 0 Å². The van der Waals surface area contributed by atoms with E-state index in [2.05, 4.69) is 264 Å². The van der Waals surface area contributed by atoms with Crippen LogP contribution < -0.4 is 4.90 Å². The highest BCUT2D eigenvalue weighted by Gasteiger charge is 2.20. The second-order valence-corrected chi connectivity index (χ2v) is 15.7. The molecule has 11 aromatic rings. The van der Waals surface area contributed by atoms with Gasteiger partial charge in [-0.3, -0.25) is 0 Å². The van der Waals surface area contributed by atoms with Crippen molar-refractivity contribution in [1.82, 2.24) is 4.57 Å². The van der Waals surface area contributed by atoms with Gasteiger partial charge in [0, 0.05) is 33.4 Å². The minimum Gasteiger partial charge on any atom is -0.310 e. The Hall–Kier alpha value is -8.20. The first-order valence-electron chi connectivity index (χ1n) is 21.3. The number of aromatic nitrogens is 1. The monoisotopic (exact) mass is 790 g/mol. The Morgan fingerprint density at radius 3 is 1.24 bits per heavy atom. The van der Waals surface area contributed by atoms with Crippen LogP contribution >= 0.6 is 0 Å². The molecule has 2 heteroatoms. The van der Waals surface area contributed by atoms with Crippen molar-refractivity contribution in [2.45, 2.75) is 0 Å². The van der Waals surface area contributed by atoms with Gasteiger partial charge >= 0.3 is 0 Å². The number of nitrogens with zero attached hydrogens (tertiary/aromatic N) is 2. The molecule has 1 aromatic heterocycles. The van der Waals surface area contributed by atoms with Gasteiger partial charge in [0.25, 0.3) is 0 Å². The van der Waals surface area contributed by atoms with E-state index in [1.54, 1.807) is 0 Å². The standard InChI is InChI=1S/C60H42N2/c1-4-18-43(19-5-1)47-24-14-25-48(40-47)50-27-16-29-53(42-50)61(52-28-15-26-49(41-52)44-20-6-2-7-21-44)51-38-36-45(37-39-51)54-32-17-35-59(60(54)46-22-8-3-9-23-46)62-57-33-12-10-30-55(57)56-31-11-13-34-58(56)62/h1-42H. The molecule has 0 fully saturated rings. The molecule has 0 spiro atoms. The van der Waals surface area contributed by atoms with E-state index >= 15 is 0 Å². The van der Waals surface area contributed by atoms with E-state index in [4.69, 9.17) is 0 Å². The van der Waals surface area contributed by atoms with Gasteiger partial charge in [-0.25, -0.2) is 0 Å². The van der Waals surface area contributed by atoms with Crippen molar-refractivity contribution in [3.63, 3.8) is 0 Å². The molecular formula is C60H42N2. The highest BCUT2D eigenvalue weighted by atomic mass is 15.1. The lowest BCUT2D eigenvalue weighted by atomic mass is 9.92. The third-order valence-corrected chi connectivity index (χ3v) is 12.0.